The Morgan fingerprint density at radius 2 is 1.93 bits per heavy atom. The zero-order chi connectivity index (χ0) is 19.1. The smallest absolute Gasteiger partial charge is 0.308 e. The summed E-state index contributed by atoms with van der Waals surface area (Å²) in [5, 5.41) is 13.6. The maximum absolute atomic E-state index is 13.1. The minimum Gasteiger partial charge on any atom is -0.481 e. The van der Waals surface area contributed by atoms with Crippen LogP contribution in [0.2, 0.25) is 5.28 Å². The minimum absolute atomic E-state index is 0.0470. The number of anilines is 1. The zero-order valence-corrected chi connectivity index (χ0v) is 15.4. The van der Waals surface area contributed by atoms with Crippen LogP contribution in [0.4, 0.5) is 14.6 Å². The molecule has 2 aromatic rings. The summed E-state index contributed by atoms with van der Waals surface area (Å²) in [7, 11) is 0. The fraction of sp³-hybridized carbons (Fsp3) is 0.611. The Morgan fingerprint density at radius 3 is 2.56 bits per heavy atom. The van der Waals surface area contributed by atoms with Crippen molar-refractivity contribution >= 4 is 34.4 Å². The number of fused-ring (bicyclic) bond motifs is 4. The van der Waals surface area contributed by atoms with Crippen molar-refractivity contribution in [1.82, 2.24) is 14.5 Å². The van der Waals surface area contributed by atoms with Gasteiger partial charge in [0.15, 0.2) is 0 Å². The van der Waals surface area contributed by atoms with Gasteiger partial charge >= 0.3 is 5.97 Å². The Labute approximate surface area is 159 Å². The highest BCUT2D eigenvalue weighted by Crippen LogP contribution is 2.46. The molecule has 27 heavy (non-hydrogen) atoms. The summed E-state index contributed by atoms with van der Waals surface area (Å²) in [5.74, 6) is -0.445. The third-order valence-corrected chi connectivity index (χ3v) is 6.27. The SMILES string of the molecule is O=C(O)C1C2CCC(CC2)C1Nc1nc(Cl)nc2c1ccn2C(CF)CF. The number of halogens is 3. The number of rotatable bonds is 6. The summed E-state index contributed by atoms with van der Waals surface area (Å²) in [6.45, 7) is -1.73. The van der Waals surface area contributed by atoms with Crippen LogP contribution in [0.1, 0.15) is 31.7 Å². The van der Waals surface area contributed by atoms with Crippen molar-refractivity contribution in [1.29, 1.82) is 0 Å². The molecule has 3 fully saturated rings. The summed E-state index contributed by atoms with van der Waals surface area (Å²) in [4.78, 5) is 20.2. The van der Waals surface area contributed by atoms with Crippen LogP contribution < -0.4 is 5.32 Å². The summed E-state index contributed by atoms with van der Waals surface area (Å²) < 4.78 is 27.7. The molecule has 0 spiro atoms. The second-order valence-corrected chi connectivity index (χ2v) is 7.81. The van der Waals surface area contributed by atoms with Crippen molar-refractivity contribution in [2.45, 2.75) is 37.8 Å². The van der Waals surface area contributed by atoms with Gasteiger partial charge in [-0.25, -0.2) is 13.8 Å². The van der Waals surface area contributed by atoms with E-state index in [1.807, 2.05) is 0 Å². The number of aromatic nitrogens is 3. The Kier molecular flexibility index (Phi) is 4.92. The van der Waals surface area contributed by atoms with Gasteiger partial charge in [0.2, 0.25) is 5.28 Å². The molecule has 2 aromatic heterocycles. The number of nitrogens with zero attached hydrogens (tertiary/aromatic N) is 3. The molecule has 0 radical (unpaired) electrons. The lowest BCUT2D eigenvalue weighted by molar-refractivity contribution is -0.148. The topological polar surface area (TPSA) is 80.0 Å². The van der Waals surface area contributed by atoms with Crippen molar-refractivity contribution in [3.63, 3.8) is 0 Å². The van der Waals surface area contributed by atoms with Crippen LogP contribution in [-0.2, 0) is 4.79 Å². The van der Waals surface area contributed by atoms with E-state index in [1.165, 1.54) is 4.57 Å². The van der Waals surface area contributed by atoms with Gasteiger partial charge in [-0.05, 0) is 55.2 Å². The van der Waals surface area contributed by atoms with Crippen LogP contribution in [0.15, 0.2) is 12.3 Å². The van der Waals surface area contributed by atoms with Crippen molar-refractivity contribution < 1.29 is 18.7 Å². The van der Waals surface area contributed by atoms with Gasteiger partial charge in [0, 0.05) is 12.2 Å². The molecule has 0 saturated heterocycles. The maximum atomic E-state index is 13.1. The summed E-state index contributed by atoms with van der Waals surface area (Å²) in [6, 6.07) is 0.466. The zero-order valence-electron chi connectivity index (χ0n) is 14.6. The first kappa shape index (κ1) is 18.4. The van der Waals surface area contributed by atoms with Crippen LogP contribution in [-0.4, -0.2) is 45.0 Å². The molecule has 2 atom stereocenters. The number of hydrogen-bond acceptors (Lipinski definition) is 4. The van der Waals surface area contributed by atoms with Crippen molar-refractivity contribution in [2.24, 2.45) is 17.8 Å². The monoisotopic (exact) mass is 398 g/mol. The molecule has 2 bridgehead atoms. The van der Waals surface area contributed by atoms with E-state index in [-0.39, 0.29) is 23.2 Å². The van der Waals surface area contributed by atoms with Crippen LogP contribution in [0.25, 0.3) is 11.0 Å². The number of nitrogens with one attached hydrogen (secondary N) is 1. The third-order valence-electron chi connectivity index (χ3n) is 6.10. The van der Waals surface area contributed by atoms with E-state index in [2.05, 4.69) is 15.3 Å². The number of alkyl halides is 2. The van der Waals surface area contributed by atoms with Crippen LogP contribution >= 0.6 is 11.6 Å². The number of aliphatic carboxylic acids is 1. The van der Waals surface area contributed by atoms with Gasteiger partial charge in [-0.3, -0.25) is 4.79 Å². The van der Waals surface area contributed by atoms with Crippen LogP contribution in [0.5, 0.6) is 0 Å². The summed E-state index contributed by atoms with van der Waals surface area (Å²) in [5.41, 5.74) is 0.339. The number of hydrogen-bond donors (Lipinski definition) is 2. The van der Waals surface area contributed by atoms with E-state index >= 15 is 0 Å². The standard InChI is InChI=1S/C18H21ClF2N4O2/c19-18-23-15(12-5-6-25(16(12)24-18)11(7-20)8-21)22-14-10-3-1-9(2-4-10)13(14)17(26)27/h5-6,9-11,13-14H,1-4,7-8H2,(H,26,27)(H,22,23,24). The average molecular weight is 399 g/mol. The Bertz CT molecular complexity index is 849. The van der Waals surface area contributed by atoms with Crippen molar-refractivity contribution in [3.8, 4) is 0 Å². The molecule has 3 saturated carbocycles. The first-order chi connectivity index (χ1) is 13.0. The van der Waals surface area contributed by atoms with E-state index in [0.29, 0.717) is 16.9 Å². The molecule has 9 heteroatoms. The van der Waals surface area contributed by atoms with Gasteiger partial charge in [0.05, 0.1) is 17.3 Å². The molecule has 146 valence electrons. The van der Waals surface area contributed by atoms with Crippen LogP contribution in [0, 0.1) is 17.8 Å². The lowest BCUT2D eigenvalue weighted by Crippen LogP contribution is -2.51. The molecule has 0 aromatic carbocycles. The quantitative estimate of drug-likeness (QED) is 0.722. The molecule has 2 N–H and O–H groups in total. The number of carboxylic acids is 1. The first-order valence-corrected chi connectivity index (χ1v) is 9.56. The molecule has 0 amide bonds. The predicted octanol–water partition coefficient (Wildman–Crippen LogP) is 3.87. The van der Waals surface area contributed by atoms with Gasteiger partial charge in [-0.1, -0.05) is 0 Å². The molecule has 3 aliphatic carbocycles. The predicted molar refractivity (Wildman–Crippen MR) is 97.5 cm³/mol. The van der Waals surface area contributed by atoms with E-state index in [0.717, 1.165) is 25.7 Å². The largest absolute Gasteiger partial charge is 0.481 e. The molecule has 2 heterocycles. The molecule has 3 aliphatic rings. The Balaban J connectivity index is 1.72. The maximum Gasteiger partial charge on any atom is 0.308 e. The third kappa shape index (κ3) is 3.13. The Morgan fingerprint density at radius 1 is 1.26 bits per heavy atom. The van der Waals surface area contributed by atoms with Crippen LogP contribution in [0.3, 0.4) is 0 Å². The van der Waals surface area contributed by atoms with Crippen molar-refractivity contribution in [3.05, 3.63) is 17.5 Å². The molecule has 2 unspecified atom stereocenters. The second-order valence-electron chi connectivity index (χ2n) is 7.47. The van der Waals surface area contributed by atoms with E-state index in [4.69, 9.17) is 11.6 Å². The summed E-state index contributed by atoms with van der Waals surface area (Å²) in [6.07, 6.45) is 5.41. The van der Waals surface area contributed by atoms with Gasteiger partial charge in [-0.2, -0.15) is 4.98 Å². The van der Waals surface area contributed by atoms with E-state index in [1.54, 1.807) is 12.3 Å². The minimum atomic E-state index is -0.973. The normalized spacial score (nSPS) is 27.4. The molecule has 0 aliphatic heterocycles. The highest BCUT2D eigenvalue weighted by Gasteiger charge is 2.47. The summed E-state index contributed by atoms with van der Waals surface area (Å²) >= 11 is 6.06. The van der Waals surface area contributed by atoms with E-state index < -0.39 is 31.3 Å². The second kappa shape index (κ2) is 7.22. The highest BCUT2D eigenvalue weighted by atomic mass is 35.5. The van der Waals surface area contributed by atoms with Gasteiger partial charge in [0.1, 0.15) is 24.8 Å². The number of carbonyl (C=O) groups is 1. The highest BCUT2D eigenvalue weighted by molar-refractivity contribution is 6.28. The fourth-order valence-electron chi connectivity index (χ4n) is 4.77. The number of carboxylic acid groups (broad SMARTS) is 1. The molecule has 5 rings (SSSR count). The molecule has 6 nitrogen and oxygen atoms in total. The molecular weight excluding hydrogens is 378 g/mol. The van der Waals surface area contributed by atoms with Crippen molar-refractivity contribution in [2.75, 3.05) is 18.7 Å². The average Bonchev–Trinajstić information content (AvgIpc) is 3.07. The Hall–Kier alpha value is -1.96. The lowest BCUT2D eigenvalue weighted by atomic mass is 9.61. The molecular formula is C18H21ClF2N4O2. The van der Waals surface area contributed by atoms with E-state index in [9.17, 15) is 18.7 Å². The van der Waals surface area contributed by atoms with Gasteiger partial charge in [-0.15, -0.1) is 0 Å². The van der Waals surface area contributed by atoms with Gasteiger partial charge in [0.25, 0.3) is 0 Å². The fourth-order valence-corrected chi connectivity index (χ4v) is 4.94. The first-order valence-electron chi connectivity index (χ1n) is 9.18. The van der Waals surface area contributed by atoms with Gasteiger partial charge < -0.3 is 15.0 Å². The lowest BCUT2D eigenvalue weighted by Gasteiger charge is -2.47.